The van der Waals surface area contributed by atoms with E-state index in [2.05, 4.69) is 15.5 Å². The van der Waals surface area contributed by atoms with E-state index in [0.29, 0.717) is 39.7 Å². The van der Waals surface area contributed by atoms with Gasteiger partial charge in [-0.15, -0.1) is 10.2 Å². The summed E-state index contributed by atoms with van der Waals surface area (Å²) in [5, 5.41) is 12.3. The minimum atomic E-state index is -0.390. The highest BCUT2D eigenvalue weighted by Gasteiger charge is 2.14. The molecule has 7 nitrogen and oxygen atoms in total. The van der Waals surface area contributed by atoms with Crippen molar-refractivity contribution in [2.24, 2.45) is 5.73 Å². The molecule has 1 aromatic carbocycles. The van der Waals surface area contributed by atoms with Gasteiger partial charge in [0.05, 0.1) is 16.5 Å². The van der Waals surface area contributed by atoms with Crippen molar-refractivity contribution in [3.05, 3.63) is 34.1 Å². The normalized spacial score (nSPS) is 10.7. The summed E-state index contributed by atoms with van der Waals surface area (Å²) in [4.78, 5) is 23.0. The number of hydrogen-bond acceptors (Lipinski definition) is 5. The van der Waals surface area contributed by atoms with Gasteiger partial charge in [0.1, 0.15) is 5.82 Å². The molecule has 134 valence electrons. The molecule has 3 N–H and O–H groups in total. The molecule has 0 aliphatic rings. The first-order valence-electron chi connectivity index (χ1n) is 7.48. The van der Waals surface area contributed by atoms with Gasteiger partial charge in [-0.05, 0) is 25.1 Å². The topological polar surface area (TPSA) is 103 Å². The average Bonchev–Trinajstić information content (AvgIpc) is 2.95. The van der Waals surface area contributed by atoms with Gasteiger partial charge in [-0.1, -0.05) is 35.0 Å². The van der Waals surface area contributed by atoms with Crippen molar-refractivity contribution in [3.63, 3.8) is 0 Å². The van der Waals surface area contributed by atoms with Crippen LogP contribution >= 0.6 is 35.0 Å². The standard InChI is InChI=1S/C15H17Cl2N5O2S/c1-2-22-13(6-5-12(18)23)20-21-15(22)25-8-14(24)19-11-4-3-9(16)7-10(11)17/h3-4,7H,2,5-6,8H2,1H3,(H2,18,23)(H,19,24). The number of anilines is 1. The molecule has 0 unspecified atom stereocenters. The summed E-state index contributed by atoms with van der Waals surface area (Å²) in [5.74, 6) is 0.204. The van der Waals surface area contributed by atoms with Crippen molar-refractivity contribution in [1.29, 1.82) is 0 Å². The molecule has 1 heterocycles. The first-order chi connectivity index (χ1) is 11.9. The predicted octanol–water partition coefficient (Wildman–Crippen LogP) is 2.75. The van der Waals surface area contributed by atoms with Gasteiger partial charge in [0.25, 0.3) is 0 Å². The Labute approximate surface area is 159 Å². The van der Waals surface area contributed by atoms with Crippen LogP contribution in [0.3, 0.4) is 0 Å². The van der Waals surface area contributed by atoms with Crippen molar-refractivity contribution in [2.75, 3.05) is 11.1 Å². The number of halogens is 2. The summed E-state index contributed by atoms with van der Waals surface area (Å²) in [5.41, 5.74) is 5.65. The lowest BCUT2D eigenvalue weighted by Crippen LogP contribution is -2.15. The van der Waals surface area contributed by atoms with Gasteiger partial charge in [0, 0.05) is 24.4 Å². The fraction of sp³-hybridized carbons (Fsp3) is 0.333. The molecule has 0 fully saturated rings. The Morgan fingerprint density at radius 2 is 2.08 bits per heavy atom. The minimum Gasteiger partial charge on any atom is -0.370 e. The second-order valence-corrected chi connectivity index (χ2v) is 6.86. The Balaban J connectivity index is 1.96. The molecule has 1 aromatic heterocycles. The number of aromatic nitrogens is 3. The van der Waals surface area contributed by atoms with E-state index < -0.39 is 0 Å². The third kappa shape index (κ3) is 5.62. The predicted molar refractivity (Wildman–Crippen MR) is 99.0 cm³/mol. The fourth-order valence-electron chi connectivity index (χ4n) is 2.07. The third-order valence-electron chi connectivity index (χ3n) is 3.24. The highest BCUT2D eigenvalue weighted by atomic mass is 35.5. The van der Waals surface area contributed by atoms with Crippen LogP contribution in [0.2, 0.25) is 10.0 Å². The molecule has 0 saturated heterocycles. The largest absolute Gasteiger partial charge is 0.370 e. The van der Waals surface area contributed by atoms with Crippen LogP contribution in [0, 0.1) is 0 Å². The number of carbonyl (C=O) groups excluding carboxylic acids is 2. The van der Waals surface area contributed by atoms with Crippen LogP contribution in [0.1, 0.15) is 19.2 Å². The maximum Gasteiger partial charge on any atom is 0.234 e. The van der Waals surface area contributed by atoms with Gasteiger partial charge in [0.2, 0.25) is 11.8 Å². The monoisotopic (exact) mass is 401 g/mol. The van der Waals surface area contributed by atoms with Crippen LogP contribution in [0.4, 0.5) is 5.69 Å². The quantitative estimate of drug-likeness (QED) is 0.661. The molecule has 10 heteroatoms. The number of nitrogens with two attached hydrogens (primary N) is 1. The molecule has 25 heavy (non-hydrogen) atoms. The van der Waals surface area contributed by atoms with Crippen molar-refractivity contribution >= 4 is 52.5 Å². The molecule has 2 amide bonds. The van der Waals surface area contributed by atoms with E-state index in [-0.39, 0.29) is 24.0 Å². The first-order valence-corrected chi connectivity index (χ1v) is 9.23. The second kappa shape index (κ2) is 9.07. The van der Waals surface area contributed by atoms with Gasteiger partial charge in [-0.3, -0.25) is 9.59 Å². The molecule has 0 atom stereocenters. The summed E-state index contributed by atoms with van der Waals surface area (Å²) >= 11 is 13.1. The van der Waals surface area contributed by atoms with Crippen LogP contribution in [0.25, 0.3) is 0 Å². The maximum atomic E-state index is 12.1. The molecule has 0 radical (unpaired) electrons. The molecule has 2 aromatic rings. The van der Waals surface area contributed by atoms with Crippen LogP contribution in [-0.2, 0) is 22.6 Å². The van der Waals surface area contributed by atoms with E-state index in [9.17, 15) is 9.59 Å². The highest BCUT2D eigenvalue weighted by Crippen LogP contribution is 2.26. The summed E-state index contributed by atoms with van der Waals surface area (Å²) in [6.45, 7) is 2.57. The number of primary amides is 1. The number of rotatable bonds is 8. The zero-order valence-corrected chi connectivity index (χ0v) is 15.8. The Bertz CT molecular complexity index is 781. The van der Waals surface area contributed by atoms with Gasteiger partial charge < -0.3 is 15.6 Å². The van der Waals surface area contributed by atoms with Gasteiger partial charge >= 0.3 is 0 Å². The summed E-state index contributed by atoms with van der Waals surface area (Å²) < 4.78 is 1.86. The van der Waals surface area contributed by atoms with Crippen molar-refractivity contribution in [1.82, 2.24) is 14.8 Å². The number of nitrogens with zero attached hydrogens (tertiary/aromatic N) is 3. The second-order valence-electron chi connectivity index (χ2n) is 5.07. The summed E-state index contributed by atoms with van der Waals surface area (Å²) in [6, 6.07) is 4.85. The molecule has 0 bridgehead atoms. The molecule has 0 aliphatic heterocycles. The van der Waals surface area contributed by atoms with Crippen LogP contribution in [0.15, 0.2) is 23.4 Å². The number of amides is 2. The highest BCUT2D eigenvalue weighted by molar-refractivity contribution is 7.99. The lowest BCUT2D eigenvalue weighted by molar-refractivity contribution is -0.118. The van der Waals surface area contributed by atoms with Gasteiger partial charge in [-0.2, -0.15) is 0 Å². The van der Waals surface area contributed by atoms with Gasteiger partial charge in [-0.25, -0.2) is 0 Å². The molecular weight excluding hydrogens is 385 g/mol. The van der Waals surface area contributed by atoms with Crippen LogP contribution < -0.4 is 11.1 Å². The maximum absolute atomic E-state index is 12.1. The first kappa shape index (κ1) is 19.6. The number of aryl methyl sites for hydroxylation is 1. The smallest absolute Gasteiger partial charge is 0.234 e. The zero-order chi connectivity index (χ0) is 18.4. The lowest BCUT2D eigenvalue weighted by Gasteiger charge is -2.08. The Morgan fingerprint density at radius 1 is 1.32 bits per heavy atom. The van der Waals surface area contributed by atoms with Crippen molar-refractivity contribution in [2.45, 2.75) is 31.5 Å². The Morgan fingerprint density at radius 3 is 2.72 bits per heavy atom. The number of hydrogen-bond donors (Lipinski definition) is 2. The van der Waals surface area contributed by atoms with E-state index >= 15 is 0 Å². The van der Waals surface area contributed by atoms with Gasteiger partial charge in [0.15, 0.2) is 5.16 Å². The third-order valence-corrected chi connectivity index (χ3v) is 4.76. The number of nitrogens with one attached hydrogen (secondary N) is 1. The summed E-state index contributed by atoms with van der Waals surface area (Å²) in [6.07, 6.45) is 0.627. The van der Waals surface area contributed by atoms with Crippen molar-refractivity contribution < 1.29 is 9.59 Å². The van der Waals surface area contributed by atoms with E-state index in [4.69, 9.17) is 28.9 Å². The van der Waals surface area contributed by atoms with E-state index in [1.807, 2.05) is 11.5 Å². The number of benzene rings is 1. The van der Waals surface area contributed by atoms with E-state index in [1.165, 1.54) is 11.8 Å². The average molecular weight is 402 g/mol. The Kier molecular flexibility index (Phi) is 7.10. The van der Waals surface area contributed by atoms with Crippen LogP contribution in [0.5, 0.6) is 0 Å². The zero-order valence-electron chi connectivity index (χ0n) is 13.5. The molecule has 2 rings (SSSR count). The minimum absolute atomic E-state index is 0.146. The molecule has 0 spiro atoms. The lowest BCUT2D eigenvalue weighted by atomic mass is 10.3. The van der Waals surface area contributed by atoms with E-state index in [0.717, 1.165) is 0 Å². The van der Waals surface area contributed by atoms with E-state index in [1.54, 1.807) is 18.2 Å². The molecule has 0 aliphatic carbocycles. The summed E-state index contributed by atoms with van der Waals surface area (Å²) in [7, 11) is 0. The molecule has 0 saturated carbocycles. The van der Waals surface area contributed by atoms with Crippen molar-refractivity contribution in [3.8, 4) is 0 Å². The SMILES string of the molecule is CCn1c(CCC(N)=O)nnc1SCC(=O)Nc1ccc(Cl)cc1Cl. The fourth-order valence-corrected chi connectivity index (χ4v) is 3.35. The number of thioether (sulfide) groups is 1. The molecular formula is C15H17Cl2N5O2S. The van der Waals surface area contributed by atoms with Crippen LogP contribution in [-0.4, -0.2) is 32.3 Å². The Hall–Kier alpha value is -1.77. The number of carbonyl (C=O) groups is 2.